The standard InChI is InChI=1S/C27H38F2O5/c1-2-3-17-27(28,29)25(31)16-15-22-21(13-9-4-5-10-14-26(32)33)23(30)18-24(22)34-19-20-11-7-6-8-12-20/h6-8,11-12,15-16,21-24,30H,2-5,9-10,13-14,17-19H2,1H3,(H,32,33)/b16-15+/t21-,22-,23+,24-/m1/s1. The van der Waals surface area contributed by atoms with Gasteiger partial charge in [-0.1, -0.05) is 69.0 Å². The monoisotopic (exact) mass is 480 g/mol. The normalized spacial score (nSPS) is 22.9. The molecule has 34 heavy (non-hydrogen) atoms. The number of carbonyl (C=O) groups excluding carboxylic acids is 1. The van der Waals surface area contributed by atoms with Gasteiger partial charge >= 0.3 is 11.9 Å². The number of rotatable bonds is 16. The summed E-state index contributed by atoms with van der Waals surface area (Å²) < 4.78 is 34.4. The number of hydrogen-bond acceptors (Lipinski definition) is 4. The number of hydrogen-bond donors (Lipinski definition) is 2. The molecule has 1 saturated carbocycles. The van der Waals surface area contributed by atoms with E-state index in [4.69, 9.17) is 9.84 Å². The first-order valence-electron chi connectivity index (χ1n) is 12.4. The van der Waals surface area contributed by atoms with Crippen molar-refractivity contribution in [1.29, 1.82) is 0 Å². The van der Waals surface area contributed by atoms with Crippen molar-refractivity contribution in [3.05, 3.63) is 48.0 Å². The van der Waals surface area contributed by atoms with Crippen LogP contribution in [0.2, 0.25) is 0 Å². The van der Waals surface area contributed by atoms with Crippen LogP contribution in [0.1, 0.15) is 76.7 Å². The highest BCUT2D eigenvalue weighted by Crippen LogP contribution is 2.39. The van der Waals surface area contributed by atoms with Crippen LogP contribution in [0.4, 0.5) is 8.78 Å². The molecule has 0 amide bonds. The fourth-order valence-electron chi connectivity index (χ4n) is 4.56. The molecule has 7 heteroatoms. The van der Waals surface area contributed by atoms with Crippen LogP contribution < -0.4 is 0 Å². The number of halogens is 2. The number of alkyl halides is 2. The molecule has 0 saturated heterocycles. The summed E-state index contributed by atoms with van der Waals surface area (Å²) in [6, 6.07) is 9.59. The van der Waals surface area contributed by atoms with E-state index in [1.165, 1.54) is 6.08 Å². The van der Waals surface area contributed by atoms with Crippen molar-refractivity contribution < 1.29 is 33.3 Å². The minimum absolute atomic E-state index is 0.140. The fraction of sp³-hybridized carbons (Fsp3) is 0.630. The van der Waals surface area contributed by atoms with Crippen molar-refractivity contribution in [2.45, 2.75) is 95.9 Å². The Morgan fingerprint density at radius 3 is 2.50 bits per heavy atom. The number of aliphatic hydroxyl groups excluding tert-OH is 1. The summed E-state index contributed by atoms with van der Waals surface area (Å²) in [5.41, 5.74) is 0.976. The summed E-state index contributed by atoms with van der Waals surface area (Å²) in [4.78, 5) is 22.8. The first kappa shape index (κ1) is 28.1. The highest BCUT2D eigenvalue weighted by molar-refractivity contribution is 5.95. The van der Waals surface area contributed by atoms with Crippen molar-refractivity contribution in [2.75, 3.05) is 0 Å². The van der Waals surface area contributed by atoms with Gasteiger partial charge in [0, 0.05) is 25.2 Å². The molecule has 190 valence electrons. The highest BCUT2D eigenvalue weighted by Gasteiger charge is 2.42. The zero-order valence-electron chi connectivity index (χ0n) is 20.0. The zero-order chi connectivity index (χ0) is 25.0. The van der Waals surface area contributed by atoms with E-state index < -0.39 is 30.2 Å². The van der Waals surface area contributed by atoms with E-state index >= 15 is 0 Å². The lowest BCUT2D eigenvalue weighted by Gasteiger charge is -2.23. The van der Waals surface area contributed by atoms with Crippen LogP contribution in [-0.2, 0) is 20.9 Å². The quantitative estimate of drug-likeness (QED) is 0.226. The first-order chi connectivity index (χ1) is 16.2. The summed E-state index contributed by atoms with van der Waals surface area (Å²) in [6.45, 7) is 2.14. The molecule has 0 bridgehead atoms. The van der Waals surface area contributed by atoms with Gasteiger partial charge in [-0.2, -0.15) is 8.78 Å². The fourth-order valence-corrected chi connectivity index (χ4v) is 4.56. The van der Waals surface area contributed by atoms with E-state index in [1.54, 1.807) is 6.92 Å². The van der Waals surface area contributed by atoms with Crippen LogP contribution in [0, 0.1) is 11.8 Å². The molecule has 1 aliphatic rings. The number of carbonyl (C=O) groups is 2. The van der Waals surface area contributed by atoms with E-state index in [2.05, 4.69) is 0 Å². The number of unbranched alkanes of at least 4 members (excludes halogenated alkanes) is 4. The molecule has 1 aromatic carbocycles. The second-order valence-electron chi connectivity index (χ2n) is 9.26. The molecule has 1 aliphatic carbocycles. The predicted octanol–water partition coefficient (Wildman–Crippen LogP) is 5.94. The summed E-state index contributed by atoms with van der Waals surface area (Å²) >= 11 is 0. The Labute approximate surface area is 201 Å². The van der Waals surface area contributed by atoms with Crippen molar-refractivity contribution in [1.82, 2.24) is 0 Å². The lowest BCUT2D eigenvalue weighted by atomic mass is 9.87. The number of benzene rings is 1. The second kappa shape index (κ2) is 14.3. The molecule has 0 radical (unpaired) electrons. The van der Waals surface area contributed by atoms with Crippen LogP contribution in [0.25, 0.3) is 0 Å². The smallest absolute Gasteiger partial charge is 0.309 e. The maximum Gasteiger partial charge on any atom is 0.309 e. The van der Waals surface area contributed by atoms with Gasteiger partial charge in [0.2, 0.25) is 5.78 Å². The predicted molar refractivity (Wildman–Crippen MR) is 127 cm³/mol. The molecule has 5 nitrogen and oxygen atoms in total. The molecule has 2 rings (SSSR count). The van der Waals surface area contributed by atoms with Crippen molar-refractivity contribution in [3.8, 4) is 0 Å². The molecule has 0 heterocycles. The average Bonchev–Trinajstić information content (AvgIpc) is 3.11. The van der Waals surface area contributed by atoms with Gasteiger partial charge in [-0.05, 0) is 36.8 Å². The minimum atomic E-state index is -3.39. The van der Waals surface area contributed by atoms with Gasteiger partial charge in [0.05, 0.1) is 18.8 Å². The molecule has 0 spiro atoms. The number of ketones is 1. The molecule has 4 atom stereocenters. The van der Waals surface area contributed by atoms with Gasteiger partial charge in [0.15, 0.2) is 0 Å². The third-order valence-electron chi connectivity index (χ3n) is 6.55. The minimum Gasteiger partial charge on any atom is -0.481 e. The number of allylic oxidation sites excluding steroid dienone is 1. The molecule has 1 fully saturated rings. The van der Waals surface area contributed by atoms with Crippen molar-refractivity contribution in [2.24, 2.45) is 11.8 Å². The maximum absolute atomic E-state index is 14.2. The Bertz CT molecular complexity index is 780. The Morgan fingerprint density at radius 2 is 1.82 bits per heavy atom. The lowest BCUT2D eigenvalue weighted by Crippen LogP contribution is -2.28. The van der Waals surface area contributed by atoms with Crippen LogP contribution >= 0.6 is 0 Å². The van der Waals surface area contributed by atoms with Gasteiger partial charge in [0.1, 0.15) is 0 Å². The summed E-state index contributed by atoms with van der Waals surface area (Å²) in [7, 11) is 0. The number of carboxylic acid groups (broad SMARTS) is 1. The van der Waals surface area contributed by atoms with Crippen LogP contribution in [0.5, 0.6) is 0 Å². The number of aliphatic carboxylic acids is 1. The molecule has 0 unspecified atom stereocenters. The van der Waals surface area contributed by atoms with Gasteiger partial charge in [-0.15, -0.1) is 0 Å². The van der Waals surface area contributed by atoms with Crippen LogP contribution in [-0.4, -0.2) is 40.1 Å². The van der Waals surface area contributed by atoms with E-state index in [-0.39, 0.29) is 30.8 Å². The van der Waals surface area contributed by atoms with Gasteiger partial charge in [0.25, 0.3) is 0 Å². The first-order valence-corrected chi connectivity index (χ1v) is 12.4. The molecule has 0 aliphatic heterocycles. The zero-order valence-corrected chi connectivity index (χ0v) is 20.0. The Balaban J connectivity index is 2.04. The van der Waals surface area contributed by atoms with Gasteiger partial charge in [-0.25, -0.2) is 0 Å². The van der Waals surface area contributed by atoms with E-state index in [9.17, 15) is 23.5 Å². The maximum atomic E-state index is 14.2. The SMILES string of the molecule is CCCCC(F)(F)C(=O)/C=C/[C@@H]1[C@@H](CCCCCCC(=O)O)[C@@H](O)C[C@H]1OCc1ccccc1. The van der Waals surface area contributed by atoms with E-state index in [0.717, 1.165) is 30.9 Å². The third kappa shape index (κ3) is 9.26. The summed E-state index contributed by atoms with van der Waals surface area (Å²) in [6.07, 6.45) is 6.07. The second-order valence-corrected chi connectivity index (χ2v) is 9.26. The number of carboxylic acids is 1. The van der Waals surface area contributed by atoms with Gasteiger partial charge in [-0.3, -0.25) is 9.59 Å². The number of aliphatic hydroxyl groups is 1. The Morgan fingerprint density at radius 1 is 1.12 bits per heavy atom. The highest BCUT2D eigenvalue weighted by atomic mass is 19.3. The Hall–Kier alpha value is -2.12. The Kier molecular flexibility index (Phi) is 11.8. The average molecular weight is 481 g/mol. The molecular formula is C27H38F2O5. The molecule has 0 aromatic heterocycles. The largest absolute Gasteiger partial charge is 0.481 e. The molecule has 1 aromatic rings. The van der Waals surface area contributed by atoms with Gasteiger partial charge < -0.3 is 14.9 Å². The van der Waals surface area contributed by atoms with Crippen molar-refractivity contribution >= 4 is 11.8 Å². The summed E-state index contributed by atoms with van der Waals surface area (Å²) in [5.74, 6) is -5.94. The van der Waals surface area contributed by atoms with Crippen LogP contribution in [0.3, 0.4) is 0 Å². The number of ether oxygens (including phenoxy) is 1. The van der Waals surface area contributed by atoms with E-state index in [0.29, 0.717) is 32.3 Å². The van der Waals surface area contributed by atoms with Crippen LogP contribution in [0.15, 0.2) is 42.5 Å². The van der Waals surface area contributed by atoms with Crippen molar-refractivity contribution in [3.63, 3.8) is 0 Å². The summed E-state index contributed by atoms with van der Waals surface area (Å²) in [5, 5.41) is 19.5. The molecule has 2 N–H and O–H groups in total. The third-order valence-corrected chi connectivity index (χ3v) is 6.55. The lowest BCUT2D eigenvalue weighted by molar-refractivity contribution is -0.138. The topological polar surface area (TPSA) is 83.8 Å². The molecular weight excluding hydrogens is 442 g/mol. The van der Waals surface area contributed by atoms with E-state index in [1.807, 2.05) is 30.3 Å².